The van der Waals surface area contributed by atoms with E-state index in [0.29, 0.717) is 32.3 Å². The summed E-state index contributed by atoms with van der Waals surface area (Å²) in [6, 6.07) is 2.03. The molecular formula is C17H21FN4O7. The molecule has 1 fully saturated rings. The molecule has 0 aliphatic heterocycles. The molecule has 0 atom stereocenters. The molecule has 1 aliphatic rings. The zero-order valence-electron chi connectivity index (χ0n) is 15.6. The van der Waals surface area contributed by atoms with Crippen LogP contribution in [0, 0.1) is 21.8 Å². The topological polar surface area (TPSA) is 163 Å². The van der Waals surface area contributed by atoms with Gasteiger partial charge in [-0.05, 0) is 38.7 Å². The van der Waals surface area contributed by atoms with Crippen LogP contribution in [0.4, 0.5) is 15.8 Å². The molecule has 29 heavy (non-hydrogen) atoms. The van der Waals surface area contributed by atoms with Crippen molar-refractivity contribution in [2.75, 3.05) is 11.9 Å². The van der Waals surface area contributed by atoms with E-state index in [-0.39, 0.29) is 17.6 Å². The number of benzene rings is 1. The molecule has 2 rings (SSSR count). The van der Waals surface area contributed by atoms with Crippen molar-refractivity contribution in [3.63, 3.8) is 0 Å². The molecule has 0 saturated heterocycles. The van der Waals surface area contributed by atoms with Gasteiger partial charge >= 0.3 is 17.8 Å². The second-order valence-corrected chi connectivity index (χ2v) is 6.30. The van der Waals surface area contributed by atoms with Gasteiger partial charge in [0.15, 0.2) is 17.3 Å². The van der Waals surface area contributed by atoms with Crippen molar-refractivity contribution in [2.24, 2.45) is 11.8 Å². The molecular weight excluding hydrogens is 391 g/mol. The molecule has 2 amide bonds. The summed E-state index contributed by atoms with van der Waals surface area (Å²) in [6.07, 6.45) is 1.48. The number of rotatable bonds is 6. The van der Waals surface area contributed by atoms with Gasteiger partial charge in [0.1, 0.15) is 0 Å². The standard InChI is InChI=1S/C17H21FN4O7/c1-2-28-17(25)9-3-5-10(6-4-9)29-12-8-7-11(22(26)27)14(13(12)18)20-15(23)16(24)21-19/h7-10H,2-6,19H2,1H3,(H,20,23)(H,21,24)/t9-,10+. The average molecular weight is 412 g/mol. The number of nitrogens with zero attached hydrogens (tertiary/aromatic N) is 1. The van der Waals surface area contributed by atoms with E-state index >= 15 is 0 Å². The Morgan fingerprint density at radius 2 is 1.90 bits per heavy atom. The number of carbonyl (C=O) groups is 3. The van der Waals surface area contributed by atoms with Crippen LogP contribution in [0.5, 0.6) is 5.75 Å². The maximum absolute atomic E-state index is 14.8. The molecule has 4 N–H and O–H groups in total. The number of ether oxygens (including phenoxy) is 2. The van der Waals surface area contributed by atoms with E-state index in [2.05, 4.69) is 0 Å². The van der Waals surface area contributed by atoms with Gasteiger partial charge in [0, 0.05) is 6.07 Å². The molecule has 0 bridgehead atoms. The van der Waals surface area contributed by atoms with Crippen molar-refractivity contribution in [1.82, 2.24) is 5.43 Å². The summed E-state index contributed by atoms with van der Waals surface area (Å²) in [7, 11) is 0. The van der Waals surface area contributed by atoms with E-state index in [9.17, 15) is 28.9 Å². The van der Waals surface area contributed by atoms with Gasteiger partial charge in [0.25, 0.3) is 5.69 Å². The lowest BCUT2D eigenvalue weighted by Crippen LogP contribution is -2.39. The van der Waals surface area contributed by atoms with Gasteiger partial charge in [-0.2, -0.15) is 0 Å². The number of carbonyl (C=O) groups excluding carboxylic acids is 3. The van der Waals surface area contributed by atoms with E-state index in [1.54, 1.807) is 12.3 Å². The molecule has 0 aromatic heterocycles. The summed E-state index contributed by atoms with van der Waals surface area (Å²) in [6.45, 7) is 2.01. The summed E-state index contributed by atoms with van der Waals surface area (Å²) in [5, 5.41) is 13.0. The van der Waals surface area contributed by atoms with Crippen LogP contribution in [0.1, 0.15) is 32.6 Å². The van der Waals surface area contributed by atoms with Gasteiger partial charge in [-0.3, -0.25) is 29.9 Å². The molecule has 12 heteroatoms. The average Bonchev–Trinajstić information content (AvgIpc) is 2.70. The lowest BCUT2D eigenvalue weighted by atomic mass is 9.87. The third-order valence-corrected chi connectivity index (χ3v) is 4.44. The fourth-order valence-corrected chi connectivity index (χ4v) is 3.00. The summed E-state index contributed by atoms with van der Waals surface area (Å²) in [5.74, 6) is 0.104. The monoisotopic (exact) mass is 412 g/mol. The Kier molecular flexibility index (Phi) is 7.42. The summed E-state index contributed by atoms with van der Waals surface area (Å²) < 4.78 is 25.4. The number of hydrogen-bond acceptors (Lipinski definition) is 8. The first-order valence-corrected chi connectivity index (χ1v) is 8.90. The number of anilines is 1. The quantitative estimate of drug-likeness (QED) is 0.156. The first kappa shape index (κ1) is 22.0. The summed E-state index contributed by atoms with van der Waals surface area (Å²) >= 11 is 0. The normalized spacial score (nSPS) is 18.4. The Bertz CT molecular complexity index is 809. The minimum Gasteiger partial charge on any atom is -0.487 e. The van der Waals surface area contributed by atoms with Crippen LogP contribution in [0.2, 0.25) is 0 Å². The zero-order valence-corrected chi connectivity index (χ0v) is 15.6. The van der Waals surface area contributed by atoms with Crippen molar-refractivity contribution in [2.45, 2.75) is 38.7 Å². The molecule has 1 aromatic carbocycles. The smallest absolute Gasteiger partial charge is 0.323 e. The highest BCUT2D eigenvalue weighted by Crippen LogP contribution is 2.36. The van der Waals surface area contributed by atoms with Crippen molar-refractivity contribution in [1.29, 1.82) is 0 Å². The molecule has 158 valence electrons. The second-order valence-electron chi connectivity index (χ2n) is 6.30. The number of amides is 2. The molecule has 1 saturated carbocycles. The maximum atomic E-state index is 14.8. The number of nitrogens with two attached hydrogens (primary N) is 1. The molecule has 11 nitrogen and oxygen atoms in total. The van der Waals surface area contributed by atoms with Gasteiger partial charge in [-0.15, -0.1) is 0 Å². The highest BCUT2D eigenvalue weighted by molar-refractivity contribution is 6.39. The highest BCUT2D eigenvalue weighted by atomic mass is 19.1. The van der Waals surface area contributed by atoms with E-state index in [1.807, 2.05) is 5.32 Å². The molecule has 0 heterocycles. The Morgan fingerprint density at radius 1 is 1.24 bits per heavy atom. The van der Waals surface area contributed by atoms with Crippen molar-refractivity contribution >= 4 is 29.2 Å². The van der Waals surface area contributed by atoms with Gasteiger partial charge in [-0.1, -0.05) is 0 Å². The van der Waals surface area contributed by atoms with E-state index < -0.39 is 40.0 Å². The summed E-state index contributed by atoms with van der Waals surface area (Å²) in [4.78, 5) is 44.9. The first-order chi connectivity index (χ1) is 13.8. The SMILES string of the molecule is CCOC(=O)[C@H]1CC[C@@H](Oc2ccc([N+](=O)[O-])c(NC(=O)C(=O)NN)c2F)CC1. The third-order valence-electron chi connectivity index (χ3n) is 4.44. The molecule has 1 aromatic rings. The lowest BCUT2D eigenvalue weighted by molar-refractivity contribution is -0.384. The minimum absolute atomic E-state index is 0.249. The Hall–Kier alpha value is -3.28. The number of hydrogen-bond donors (Lipinski definition) is 3. The van der Waals surface area contributed by atoms with Gasteiger partial charge in [-0.25, -0.2) is 10.2 Å². The Labute approximate surface area is 164 Å². The van der Waals surface area contributed by atoms with Crippen LogP contribution in [0.25, 0.3) is 0 Å². The van der Waals surface area contributed by atoms with Crippen LogP contribution < -0.4 is 21.3 Å². The largest absolute Gasteiger partial charge is 0.487 e. The highest BCUT2D eigenvalue weighted by Gasteiger charge is 2.30. The van der Waals surface area contributed by atoms with Crippen LogP contribution in [0.3, 0.4) is 0 Å². The predicted molar refractivity (Wildman–Crippen MR) is 97.0 cm³/mol. The fourth-order valence-electron chi connectivity index (χ4n) is 3.00. The van der Waals surface area contributed by atoms with Gasteiger partial charge in [0.2, 0.25) is 0 Å². The van der Waals surface area contributed by atoms with Crippen LogP contribution in [-0.2, 0) is 19.1 Å². The Morgan fingerprint density at radius 3 is 2.45 bits per heavy atom. The van der Waals surface area contributed by atoms with Crippen LogP contribution in [-0.4, -0.2) is 35.4 Å². The second kappa shape index (κ2) is 9.78. The molecule has 0 radical (unpaired) electrons. The maximum Gasteiger partial charge on any atom is 0.323 e. The fraction of sp³-hybridized carbons (Fsp3) is 0.471. The number of nitro benzene ring substituents is 1. The van der Waals surface area contributed by atoms with E-state index in [1.165, 1.54) is 0 Å². The number of halogens is 1. The lowest BCUT2D eigenvalue weighted by Gasteiger charge is -2.28. The third kappa shape index (κ3) is 5.38. The van der Waals surface area contributed by atoms with Gasteiger partial charge < -0.3 is 14.8 Å². The van der Waals surface area contributed by atoms with E-state index in [0.717, 1.165) is 12.1 Å². The van der Waals surface area contributed by atoms with Crippen molar-refractivity contribution in [3.05, 3.63) is 28.1 Å². The summed E-state index contributed by atoms with van der Waals surface area (Å²) in [5.41, 5.74) is -0.0119. The number of nitrogens with one attached hydrogen (secondary N) is 2. The van der Waals surface area contributed by atoms with Crippen molar-refractivity contribution < 1.29 is 33.2 Å². The van der Waals surface area contributed by atoms with E-state index in [4.69, 9.17) is 15.3 Å². The van der Waals surface area contributed by atoms with Crippen LogP contribution in [0.15, 0.2) is 12.1 Å². The molecule has 0 unspecified atom stereocenters. The minimum atomic E-state index is -1.37. The van der Waals surface area contributed by atoms with Crippen LogP contribution >= 0.6 is 0 Å². The first-order valence-electron chi connectivity index (χ1n) is 8.90. The van der Waals surface area contributed by atoms with Gasteiger partial charge in [0.05, 0.1) is 23.6 Å². The number of nitro groups is 1. The Balaban J connectivity index is 2.15. The predicted octanol–water partition coefficient (Wildman–Crippen LogP) is 1.16. The number of hydrazine groups is 1. The molecule has 1 aliphatic carbocycles. The zero-order chi connectivity index (χ0) is 21.6. The van der Waals surface area contributed by atoms with Crippen molar-refractivity contribution in [3.8, 4) is 5.75 Å². The number of esters is 1. The molecule has 0 spiro atoms.